The van der Waals surface area contributed by atoms with Gasteiger partial charge in [-0.1, -0.05) is 24.3 Å². The smallest absolute Gasteiger partial charge is 0.316 e. The summed E-state index contributed by atoms with van der Waals surface area (Å²) in [5.41, 5.74) is 1.72. The zero-order valence-electron chi connectivity index (χ0n) is 19.0. The van der Waals surface area contributed by atoms with Crippen LogP contribution in [0.5, 0.6) is 11.5 Å². The monoisotopic (exact) mass is 470 g/mol. The Bertz CT molecular complexity index is 1300. The minimum absolute atomic E-state index is 0.0341. The van der Waals surface area contributed by atoms with Crippen molar-refractivity contribution in [3.8, 4) is 11.5 Å². The van der Waals surface area contributed by atoms with Gasteiger partial charge in [-0.05, 0) is 55.5 Å². The zero-order valence-corrected chi connectivity index (χ0v) is 19.0. The number of benzene rings is 3. The molecule has 3 amide bonds. The fourth-order valence-electron chi connectivity index (χ4n) is 4.34. The molecule has 0 spiro atoms. The third kappa shape index (κ3) is 4.03. The lowest BCUT2D eigenvalue weighted by Crippen LogP contribution is -2.29. The number of imide groups is 1. The normalized spacial score (nSPS) is 17.1. The minimum atomic E-state index is -0.631. The lowest BCUT2D eigenvalue weighted by atomic mass is 10.1. The van der Waals surface area contributed by atoms with E-state index in [0.717, 1.165) is 4.90 Å². The van der Waals surface area contributed by atoms with Crippen LogP contribution in [0.25, 0.3) is 0 Å². The second-order valence-electron chi connectivity index (χ2n) is 8.21. The summed E-state index contributed by atoms with van der Waals surface area (Å²) >= 11 is 0. The number of rotatable bonds is 6. The maximum Gasteiger partial charge on any atom is 0.316 e. The summed E-state index contributed by atoms with van der Waals surface area (Å²) in [4.78, 5) is 53.4. The maximum absolute atomic E-state index is 12.8. The highest BCUT2D eigenvalue weighted by atomic mass is 16.5. The summed E-state index contributed by atoms with van der Waals surface area (Å²) in [5.74, 6) is -1.28. The molecule has 0 bridgehead atoms. The number of hydrogen-bond donors (Lipinski definition) is 0. The average Bonchev–Trinajstić information content (AvgIpc) is 3.38. The highest BCUT2D eigenvalue weighted by Gasteiger charge is 2.38. The zero-order chi connectivity index (χ0) is 24.5. The first-order valence-electron chi connectivity index (χ1n) is 11.3. The van der Waals surface area contributed by atoms with Gasteiger partial charge in [-0.2, -0.15) is 0 Å². The molecule has 35 heavy (non-hydrogen) atoms. The highest BCUT2D eigenvalue weighted by molar-refractivity contribution is 6.34. The molecule has 3 aromatic rings. The van der Waals surface area contributed by atoms with Gasteiger partial charge >= 0.3 is 5.97 Å². The Balaban J connectivity index is 1.26. The van der Waals surface area contributed by atoms with E-state index < -0.39 is 23.7 Å². The maximum atomic E-state index is 12.8. The number of amides is 3. The van der Waals surface area contributed by atoms with Gasteiger partial charge in [0.05, 0.1) is 35.0 Å². The van der Waals surface area contributed by atoms with Crippen molar-refractivity contribution >= 4 is 35.1 Å². The second kappa shape index (κ2) is 9.06. The SMILES string of the molecule is CCOc1ccccc1N1C[C@@H](C(=O)Oc2ccc(N3C(=O)c4ccccc4C3=O)cc2)CC1=O. The van der Waals surface area contributed by atoms with Crippen molar-refractivity contribution in [2.24, 2.45) is 5.92 Å². The van der Waals surface area contributed by atoms with Crippen LogP contribution in [0.15, 0.2) is 72.8 Å². The molecule has 8 heteroatoms. The van der Waals surface area contributed by atoms with E-state index in [1.165, 1.54) is 12.1 Å². The molecular weight excluding hydrogens is 448 g/mol. The van der Waals surface area contributed by atoms with Gasteiger partial charge in [0.15, 0.2) is 0 Å². The third-order valence-corrected chi connectivity index (χ3v) is 6.02. The number of anilines is 2. The summed E-state index contributed by atoms with van der Waals surface area (Å²) in [5, 5.41) is 0. The molecule has 0 unspecified atom stereocenters. The molecule has 8 nitrogen and oxygen atoms in total. The Morgan fingerprint density at radius 2 is 1.51 bits per heavy atom. The van der Waals surface area contributed by atoms with Crippen LogP contribution < -0.4 is 19.3 Å². The van der Waals surface area contributed by atoms with Gasteiger partial charge in [0.2, 0.25) is 5.91 Å². The van der Waals surface area contributed by atoms with E-state index in [1.807, 2.05) is 19.1 Å². The van der Waals surface area contributed by atoms with Crippen LogP contribution in [-0.2, 0) is 9.59 Å². The van der Waals surface area contributed by atoms with E-state index in [1.54, 1.807) is 53.4 Å². The Morgan fingerprint density at radius 1 is 0.886 bits per heavy atom. The lowest BCUT2D eigenvalue weighted by Gasteiger charge is -2.20. The molecule has 0 N–H and O–H groups in total. The molecule has 0 saturated carbocycles. The summed E-state index contributed by atoms with van der Waals surface area (Å²) < 4.78 is 11.1. The number of carbonyl (C=O) groups excluding carboxylic acids is 4. The van der Waals surface area contributed by atoms with Crippen molar-refractivity contribution in [3.63, 3.8) is 0 Å². The number of esters is 1. The van der Waals surface area contributed by atoms with Crippen molar-refractivity contribution in [1.29, 1.82) is 0 Å². The first kappa shape index (κ1) is 22.3. The average molecular weight is 470 g/mol. The Labute approximate surface area is 201 Å². The molecule has 2 heterocycles. The van der Waals surface area contributed by atoms with Gasteiger partial charge in [0.1, 0.15) is 11.5 Å². The van der Waals surface area contributed by atoms with E-state index >= 15 is 0 Å². The summed E-state index contributed by atoms with van der Waals surface area (Å²) in [7, 11) is 0. The molecule has 2 aliphatic heterocycles. The van der Waals surface area contributed by atoms with E-state index in [-0.39, 0.29) is 24.6 Å². The van der Waals surface area contributed by atoms with Gasteiger partial charge in [0, 0.05) is 13.0 Å². The minimum Gasteiger partial charge on any atom is -0.492 e. The molecule has 176 valence electrons. The number of hydrogen-bond acceptors (Lipinski definition) is 6. The highest BCUT2D eigenvalue weighted by Crippen LogP contribution is 2.34. The summed E-state index contributed by atoms with van der Waals surface area (Å²) in [6.45, 7) is 2.51. The Kier molecular flexibility index (Phi) is 5.78. The number of ether oxygens (including phenoxy) is 2. The Morgan fingerprint density at radius 3 is 2.17 bits per heavy atom. The Hall–Kier alpha value is -4.46. The molecule has 0 radical (unpaired) electrons. The lowest BCUT2D eigenvalue weighted by molar-refractivity contribution is -0.139. The van der Waals surface area contributed by atoms with Crippen LogP contribution in [0, 0.1) is 5.92 Å². The molecule has 3 aromatic carbocycles. The summed E-state index contributed by atoms with van der Waals surface area (Å²) in [6.07, 6.45) is 0.0341. The molecule has 1 fully saturated rings. The molecule has 1 atom stereocenters. The van der Waals surface area contributed by atoms with Crippen LogP contribution in [0.1, 0.15) is 34.1 Å². The first-order valence-corrected chi connectivity index (χ1v) is 11.3. The molecule has 0 aliphatic carbocycles. The van der Waals surface area contributed by atoms with Crippen LogP contribution in [0.3, 0.4) is 0 Å². The van der Waals surface area contributed by atoms with E-state index in [2.05, 4.69) is 0 Å². The second-order valence-corrected chi connectivity index (χ2v) is 8.21. The van der Waals surface area contributed by atoms with Crippen molar-refractivity contribution < 1.29 is 28.7 Å². The van der Waals surface area contributed by atoms with E-state index in [9.17, 15) is 19.2 Å². The van der Waals surface area contributed by atoms with Crippen molar-refractivity contribution in [2.75, 3.05) is 23.0 Å². The molecular formula is C27H22N2O6. The van der Waals surface area contributed by atoms with Gasteiger partial charge in [-0.15, -0.1) is 0 Å². The molecule has 0 aromatic heterocycles. The van der Waals surface area contributed by atoms with Crippen molar-refractivity contribution in [2.45, 2.75) is 13.3 Å². The number of fused-ring (bicyclic) bond motifs is 1. The van der Waals surface area contributed by atoms with Gasteiger partial charge < -0.3 is 14.4 Å². The standard InChI is InChI=1S/C27H22N2O6/c1-2-34-23-10-6-5-9-22(23)28-16-17(15-24(28)30)27(33)35-19-13-11-18(12-14-19)29-25(31)20-7-3-4-8-21(20)26(29)32/h3-14,17H,2,15-16H2,1H3/t17-/m0/s1. The molecule has 2 aliphatic rings. The van der Waals surface area contributed by atoms with E-state index in [0.29, 0.717) is 34.9 Å². The number of para-hydroxylation sites is 2. The fraction of sp³-hybridized carbons (Fsp3) is 0.185. The number of carbonyl (C=O) groups is 4. The largest absolute Gasteiger partial charge is 0.492 e. The van der Waals surface area contributed by atoms with Crippen LogP contribution in [-0.4, -0.2) is 36.8 Å². The van der Waals surface area contributed by atoms with Crippen LogP contribution in [0.2, 0.25) is 0 Å². The van der Waals surface area contributed by atoms with Crippen molar-refractivity contribution in [3.05, 3.63) is 83.9 Å². The number of nitrogens with zero attached hydrogens (tertiary/aromatic N) is 2. The first-order chi connectivity index (χ1) is 17.0. The van der Waals surface area contributed by atoms with Crippen molar-refractivity contribution in [1.82, 2.24) is 0 Å². The predicted molar refractivity (Wildman–Crippen MR) is 128 cm³/mol. The fourth-order valence-corrected chi connectivity index (χ4v) is 4.34. The van der Waals surface area contributed by atoms with E-state index in [4.69, 9.17) is 9.47 Å². The van der Waals surface area contributed by atoms with Gasteiger partial charge in [-0.25, -0.2) is 4.90 Å². The quantitative estimate of drug-likeness (QED) is 0.309. The van der Waals surface area contributed by atoms with Crippen LogP contribution in [0.4, 0.5) is 11.4 Å². The third-order valence-electron chi connectivity index (χ3n) is 6.02. The summed E-state index contributed by atoms with van der Waals surface area (Å²) in [6, 6.07) is 20.0. The molecule has 5 rings (SSSR count). The van der Waals surface area contributed by atoms with Gasteiger partial charge in [-0.3, -0.25) is 19.2 Å². The van der Waals surface area contributed by atoms with Crippen LogP contribution >= 0.6 is 0 Å². The van der Waals surface area contributed by atoms with Gasteiger partial charge in [0.25, 0.3) is 11.8 Å². The topological polar surface area (TPSA) is 93.2 Å². The molecule has 1 saturated heterocycles. The predicted octanol–water partition coefficient (Wildman–Crippen LogP) is 3.84.